The molecule has 0 bridgehead atoms. The van der Waals surface area contributed by atoms with Crippen LogP contribution >= 0.6 is 0 Å². The predicted molar refractivity (Wildman–Crippen MR) is 201 cm³/mol. The average Bonchev–Trinajstić information content (AvgIpc) is 3.08. The third-order valence-corrected chi connectivity index (χ3v) is 9.36. The third kappa shape index (κ3) is 35.7. The van der Waals surface area contributed by atoms with Gasteiger partial charge in [0.2, 0.25) is 0 Å². The van der Waals surface area contributed by atoms with Crippen LogP contribution in [0.4, 0.5) is 0 Å². The number of esters is 3. The van der Waals surface area contributed by atoms with Crippen molar-refractivity contribution in [3.63, 3.8) is 0 Å². The summed E-state index contributed by atoms with van der Waals surface area (Å²) in [7, 11) is 0. The van der Waals surface area contributed by atoms with E-state index < -0.39 is 6.10 Å². The Kier molecular flexibility index (Phi) is 36.9. The molecule has 0 saturated heterocycles. The molecule has 284 valence electrons. The molecule has 0 N–H and O–H groups in total. The largest absolute Gasteiger partial charge is 0.462 e. The molecule has 0 fully saturated rings. The molecule has 0 heterocycles. The normalized spacial score (nSPS) is 11.8. The molecule has 0 aromatic carbocycles. The third-order valence-electron chi connectivity index (χ3n) is 9.36. The maximum Gasteiger partial charge on any atom is 0.306 e. The standard InChI is InChI=1S/C42H80O6/c1-4-7-10-13-15-17-19-20-21-23-25-27-30-32-35-41(44)47-38-39(48-42(45)36-33-28-12-9-6-3)37-46-40(43)34-31-29-26-24-22-18-16-14-11-8-5-2/h39H,4-38H2,1-3H3/t39-/m0/s1. The first-order valence-electron chi connectivity index (χ1n) is 21.0. The molecule has 1 atom stereocenters. The molecule has 0 saturated carbocycles. The molecule has 0 aromatic heterocycles. The van der Waals surface area contributed by atoms with Gasteiger partial charge in [-0.2, -0.15) is 0 Å². The van der Waals surface area contributed by atoms with Crippen molar-refractivity contribution in [2.75, 3.05) is 13.2 Å². The van der Waals surface area contributed by atoms with Crippen LogP contribution in [0, 0.1) is 0 Å². The summed E-state index contributed by atoms with van der Waals surface area (Å²) in [4.78, 5) is 37.3. The number of rotatable bonds is 38. The Morgan fingerprint density at radius 3 is 0.833 bits per heavy atom. The number of hydrogen-bond donors (Lipinski definition) is 0. The molecule has 6 heteroatoms. The quantitative estimate of drug-likeness (QED) is 0.0367. The van der Waals surface area contributed by atoms with Gasteiger partial charge in [-0.25, -0.2) is 0 Å². The zero-order valence-corrected chi connectivity index (χ0v) is 32.3. The number of unbranched alkanes of at least 4 members (excludes halogenated alkanes) is 27. The lowest BCUT2D eigenvalue weighted by atomic mass is 10.0. The molecule has 0 aromatic rings. The van der Waals surface area contributed by atoms with Crippen molar-refractivity contribution < 1.29 is 28.6 Å². The molecule has 0 spiro atoms. The topological polar surface area (TPSA) is 78.9 Å². The molecule has 0 rings (SSSR count). The van der Waals surface area contributed by atoms with E-state index in [1.807, 2.05) is 0 Å². The molecular formula is C42H80O6. The highest BCUT2D eigenvalue weighted by Crippen LogP contribution is 2.15. The Hall–Kier alpha value is -1.59. The van der Waals surface area contributed by atoms with E-state index >= 15 is 0 Å². The van der Waals surface area contributed by atoms with Crippen LogP contribution in [0.5, 0.6) is 0 Å². The van der Waals surface area contributed by atoms with Crippen molar-refractivity contribution in [1.29, 1.82) is 0 Å². The van der Waals surface area contributed by atoms with Crippen molar-refractivity contribution in [2.45, 2.75) is 239 Å². The van der Waals surface area contributed by atoms with Crippen LogP contribution in [0.25, 0.3) is 0 Å². The predicted octanol–water partition coefficient (Wildman–Crippen LogP) is 12.9. The molecule has 0 unspecified atom stereocenters. The zero-order chi connectivity index (χ0) is 35.2. The van der Waals surface area contributed by atoms with Gasteiger partial charge in [0.25, 0.3) is 0 Å². The Morgan fingerprint density at radius 1 is 0.333 bits per heavy atom. The van der Waals surface area contributed by atoms with Crippen LogP contribution in [-0.4, -0.2) is 37.2 Å². The van der Waals surface area contributed by atoms with E-state index in [0.717, 1.165) is 64.2 Å². The van der Waals surface area contributed by atoms with Gasteiger partial charge in [-0.3, -0.25) is 14.4 Å². The van der Waals surface area contributed by atoms with E-state index in [-0.39, 0.29) is 31.1 Å². The van der Waals surface area contributed by atoms with E-state index in [9.17, 15) is 14.4 Å². The highest BCUT2D eigenvalue weighted by molar-refractivity contribution is 5.71. The minimum absolute atomic E-state index is 0.0647. The fraction of sp³-hybridized carbons (Fsp3) is 0.929. The SMILES string of the molecule is CCCCCCCCCCCCCCCCC(=O)OC[C@H](COC(=O)CCCCCCCCCCCCC)OC(=O)CCCCCCC. The minimum Gasteiger partial charge on any atom is -0.462 e. The van der Waals surface area contributed by atoms with Crippen LogP contribution in [0.3, 0.4) is 0 Å². The first kappa shape index (κ1) is 46.4. The first-order valence-corrected chi connectivity index (χ1v) is 21.0. The van der Waals surface area contributed by atoms with E-state index in [4.69, 9.17) is 14.2 Å². The summed E-state index contributed by atoms with van der Waals surface area (Å²) in [5.41, 5.74) is 0. The fourth-order valence-electron chi connectivity index (χ4n) is 6.15. The number of hydrogen-bond acceptors (Lipinski definition) is 6. The highest BCUT2D eigenvalue weighted by Gasteiger charge is 2.19. The van der Waals surface area contributed by atoms with Crippen molar-refractivity contribution in [2.24, 2.45) is 0 Å². The summed E-state index contributed by atoms with van der Waals surface area (Å²) in [6.07, 6.45) is 36.8. The zero-order valence-electron chi connectivity index (χ0n) is 32.3. The van der Waals surface area contributed by atoms with E-state index in [1.54, 1.807) is 0 Å². The molecule has 0 aliphatic rings. The Labute approximate surface area is 298 Å². The van der Waals surface area contributed by atoms with Crippen molar-refractivity contribution in [1.82, 2.24) is 0 Å². The molecule has 48 heavy (non-hydrogen) atoms. The van der Waals surface area contributed by atoms with Crippen molar-refractivity contribution in [3.05, 3.63) is 0 Å². The molecule has 0 aliphatic carbocycles. The van der Waals surface area contributed by atoms with Crippen molar-refractivity contribution >= 4 is 17.9 Å². The maximum atomic E-state index is 12.5. The monoisotopic (exact) mass is 681 g/mol. The average molecular weight is 681 g/mol. The van der Waals surface area contributed by atoms with Gasteiger partial charge < -0.3 is 14.2 Å². The lowest BCUT2D eigenvalue weighted by Crippen LogP contribution is -2.30. The maximum absolute atomic E-state index is 12.5. The van der Waals surface area contributed by atoms with Crippen LogP contribution in [-0.2, 0) is 28.6 Å². The summed E-state index contributed by atoms with van der Waals surface area (Å²) in [6.45, 7) is 6.55. The van der Waals surface area contributed by atoms with Gasteiger partial charge in [0.15, 0.2) is 6.10 Å². The lowest BCUT2D eigenvalue weighted by Gasteiger charge is -2.18. The van der Waals surface area contributed by atoms with E-state index in [0.29, 0.717) is 19.3 Å². The fourth-order valence-corrected chi connectivity index (χ4v) is 6.15. The van der Waals surface area contributed by atoms with Gasteiger partial charge in [-0.05, 0) is 19.3 Å². The van der Waals surface area contributed by atoms with Gasteiger partial charge in [0.05, 0.1) is 0 Å². The van der Waals surface area contributed by atoms with Crippen LogP contribution in [0.2, 0.25) is 0 Å². The van der Waals surface area contributed by atoms with Crippen LogP contribution in [0.15, 0.2) is 0 Å². The summed E-state index contributed by atoms with van der Waals surface area (Å²) >= 11 is 0. The second kappa shape index (κ2) is 38.2. The second-order valence-electron chi connectivity index (χ2n) is 14.3. The molecule has 0 amide bonds. The van der Waals surface area contributed by atoms with Gasteiger partial charge in [-0.15, -0.1) is 0 Å². The van der Waals surface area contributed by atoms with Crippen LogP contribution in [0.1, 0.15) is 233 Å². The van der Waals surface area contributed by atoms with Gasteiger partial charge >= 0.3 is 17.9 Å². The number of ether oxygens (including phenoxy) is 3. The molecule has 0 radical (unpaired) electrons. The van der Waals surface area contributed by atoms with Crippen molar-refractivity contribution in [3.8, 4) is 0 Å². The molecule has 6 nitrogen and oxygen atoms in total. The Bertz CT molecular complexity index is 708. The summed E-state index contributed by atoms with van der Waals surface area (Å²) in [5.74, 6) is -0.872. The summed E-state index contributed by atoms with van der Waals surface area (Å²) in [5, 5.41) is 0. The van der Waals surface area contributed by atoms with Gasteiger partial charge in [0.1, 0.15) is 13.2 Å². The smallest absolute Gasteiger partial charge is 0.306 e. The minimum atomic E-state index is -0.755. The second-order valence-corrected chi connectivity index (χ2v) is 14.3. The lowest BCUT2D eigenvalue weighted by molar-refractivity contribution is -0.167. The Balaban J connectivity index is 4.16. The number of carbonyl (C=O) groups excluding carboxylic acids is 3. The van der Waals surface area contributed by atoms with Gasteiger partial charge in [-0.1, -0.05) is 194 Å². The Morgan fingerprint density at radius 2 is 0.562 bits per heavy atom. The van der Waals surface area contributed by atoms with Crippen LogP contribution < -0.4 is 0 Å². The first-order chi connectivity index (χ1) is 23.5. The summed E-state index contributed by atoms with van der Waals surface area (Å²) < 4.78 is 16.5. The van der Waals surface area contributed by atoms with E-state index in [2.05, 4.69) is 20.8 Å². The highest BCUT2D eigenvalue weighted by atomic mass is 16.6. The van der Waals surface area contributed by atoms with Gasteiger partial charge in [0, 0.05) is 19.3 Å². The molecular weight excluding hydrogens is 600 g/mol. The summed E-state index contributed by atoms with van der Waals surface area (Å²) in [6, 6.07) is 0. The molecule has 0 aliphatic heterocycles. The number of carbonyl (C=O) groups is 3. The van der Waals surface area contributed by atoms with E-state index in [1.165, 1.54) is 128 Å².